The molecule has 4 rings (SSSR count). The molecular formula is C17H15ClN4O3. The zero-order valence-corrected chi connectivity index (χ0v) is 14.0. The third-order valence-electron chi connectivity index (χ3n) is 4.53. The molecule has 1 saturated heterocycles. The first-order valence-electron chi connectivity index (χ1n) is 7.97. The largest absolute Gasteiger partial charge is 0.465 e. The van der Waals surface area contributed by atoms with Crippen molar-refractivity contribution < 1.29 is 14.7 Å². The lowest BCUT2D eigenvalue weighted by Gasteiger charge is -2.17. The Labute approximate surface area is 148 Å². The molecule has 7 nitrogen and oxygen atoms in total. The van der Waals surface area contributed by atoms with Gasteiger partial charge >= 0.3 is 6.09 Å². The lowest BCUT2D eigenvalue weighted by molar-refractivity contribution is -0.117. The molecule has 2 aliphatic heterocycles. The van der Waals surface area contributed by atoms with Crippen LogP contribution in [0.4, 0.5) is 10.5 Å². The highest BCUT2D eigenvalue weighted by Gasteiger charge is 2.29. The first kappa shape index (κ1) is 15.8. The molecular weight excluding hydrogens is 344 g/mol. The number of amides is 2. The van der Waals surface area contributed by atoms with E-state index < -0.39 is 6.09 Å². The fraction of sp³-hybridized carbons (Fsp3) is 0.294. The summed E-state index contributed by atoms with van der Waals surface area (Å²) in [4.78, 5) is 34.8. The summed E-state index contributed by atoms with van der Waals surface area (Å²) in [5, 5.41) is 9.32. The number of benzene rings is 1. The van der Waals surface area contributed by atoms with Crippen LogP contribution in [0.15, 0.2) is 24.3 Å². The number of aromatic nitrogens is 2. The average molecular weight is 359 g/mol. The summed E-state index contributed by atoms with van der Waals surface area (Å²) in [6.45, 7) is 1.13. The van der Waals surface area contributed by atoms with Gasteiger partial charge in [0.25, 0.3) is 0 Å². The van der Waals surface area contributed by atoms with Crippen LogP contribution in [0.1, 0.15) is 24.1 Å². The smallest absolute Gasteiger partial charge is 0.407 e. The lowest BCUT2D eigenvalue weighted by atomic mass is 10.0. The van der Waals surface area contributed by atoms with Gasteiger partial charge in [-0.1, -0.05) is 12.1 Å². The quantitative estimate of drug-likeness (QED) is 0.834. The average Bonchev–Trinajstić information content (AvgIpc) is 3.20. The molecule has 0 aliphatic carbocycles. The Morgan fingerprint density at radius 1 is 1.24 bits per heavy atom. The van der Waals surface area contributed by atoms with Crippen molar-refractivity contribution >= 4 is 29.3 Å². The minimum atomic E-state index is -1.00. The Kier molecular flexibility index (Phi) is 3.80. The molecule has 0 radical (unpaired) electrons. The zero-order chi connectivity index (χ0) is 17.6. The topological polar surface area (TPSA) is 86.6 Å². The van der Waals surface area contributed by atoms with Gasteiger partial charge in [-0.3, -0.25) is 9.69 Å². The summed E-state index contributed by atoms with van der Waals surface area (Å²) in [7, 11) is 0. The predicted molar refractivity (Wildman–Crippen MR) is 91.3 cm³/mol. The maximum Gasteiger partial charge on any atom is 0.407 e. The van der Waals surface area contributed by atoms with E-state index in [1.54, 1.807) is 4.90 Å². The molecule has 0 bridgehead atoms. The van der Waals surface area contributed by atoms with E-state index in [1.165, 1.54) is 4.90 Å². The maximum atomic E-state index is 12.0. The molecule has 0 atom stereocenters. The second-order valence-electron chi connectivity index (χ2n) is 6.10. The van der Waals surface area contributed by atoms with Gasteiger partial charge in [0.05, 0.1) is 24.5 Å². The van der Waals surface area contributed by atoms with Gasteiger partial charge in [0.2, 0.25) is 11.2 Å². The van der Waals surface area contributed by atoms with Crippen LogP contribution in [0, 0.1) is 0 Å². The number of rotatable bonds is 2. The number of halogens is 1. The molecule has 2 aliphatic rings. The molecule has 8 heteroatoms. The third-order valence-corrected chi connectivity index (χ3v) is 4.70. The van der Waals surface area contributed by atoms with Gasteiger partial charge in [0.1, 0.15) is 0 Å². The number of carbonyl (C=O) groups excluding carboxylic acids is 1. The first-order valence-corrected chi connectivity index (χ1v) is 8.34. The van der Waals surface area contributed by atoms with Gasteiger partial charge in [-0.25, -0.2) is 14.8 Å². The maximum absolute atomic E-state index is 12.0. The summed E-state index contributed by atoms with van der Waals surface area (Å²) in [6, 6.07) is 7.53. The summed E-state index contributed by atoms with van der Waals surface area (Å²) in [6.07, 6.45) is 0.411. The summed E-state index contributed by atoms with van der Waals surface area (Å²) in [5.41, 5.74) is 3.62. The molecule has 3 heterocycles. The molecule has 1 N–H and O–H groups in total. The summed E-state index contributed by atoms with van der Waals surface area (Å²) >= 11 is 6.04. The van der Waals surface area contributed by atoms with Gasteiger partial charge in [0.15, 0.2) is 0 Å². The molecule has 0 spiro atoms. The van der Waals surface area contributed by atoms with Crippen molar-refractivity contribution in [2.45, 2.75) is 25.9 Å². The van der Waals surface area contributed by atoms with Crippen LogP contribution in [-0.2, 0) is 17.9 Å². The molecule has 2 aromatic rings. The van der Waals surface area contributed by atoms with E-state index in [1.807, 2.05) is 24.3 Å². The Hall–Kier alpha value is -2.67. The first-order chi connectivity index (χ1) is 12.0. The molecule has 0 saturated carbocycles. The van der Waals surface area contributed by atoms with E-state index in [2.05, 4.69) is 9.97 Å². The number of carboxylic acid groups (broad SMARTS) is 1. The van der Waals surface area contributed by atoms with Crippen molar-refractivity contribution in [3.63, 3.8) is 0 Å². The monoisotopic (exact) mass is 358 g/mol. The highest BCUT2D eigenvalue weighted by atomic mass is 35.5. The lowest BCUT2D eigenvalue weighted by Crippen LogP contribution is -2.23. The predicted octanol–water partition coefficient (Wildman–Crippen LogP) is 2.92. The van der Waals surface area contributed by atoms with Crippen molar-refractivity contribution in [1.29, 1.82) is 0 Å². The van der Waals surface area contributed by atoms with Crippen molar-refractivity contribution in [1.82, 2.24) is 14.9 Å². The van der Waals surface area contributed by atoms with E-state index in [0.29, 0.717) is 24.4 Å². The number of nitrogens with zero attached hydrogens (tertiary/aromatic N) is 4. The SMILES string of the molecule is O=C(O)N1Cc2nc(Cl)nc(-c3cccc(N4CCCC4=O)c3)c2C1. The van der Waals surface area contributed by atoms with Crippen LogP contribution in [0.5, 0.6) is 0 Å². The van der Waals surface area contributed by atoms with E-state index >= 15 is 0 Å². The van der Waals surface area contributed by atoms with E-state index in [-0.39, 0.29) is 24.3 Å². The third kappa shape index (κ3) is 2.80. The molecule has 1 aromatic heterocycles. The van der Waals surface area contributed by atoms with Crippen LogP contribution in [0.2, 0.25) is 5.28 Å². The standard InChI is InChI=1S/C17H15ClN4O3/c18-16-19-13-9-21(17(24)25)8-12(13)15(20-16)10-3-1-4-11(7-10)22-6-2-5-14(22)23/h1,3-4,7H,2,5-6,8-9H2,(H,24,25). The van der Waals surface area contributed by atoms with E-state index in [0.717, 1.165) is 23.2 Å². The second-order valence-corrected chi connectivity index (χ2v) is 6.44. The van der Waals surface area contributed by atoms with Gasteiger partial charge in [0, 0.05) is 29.8 Å². The fourth-order valence-electron chi connectivity index (χ4n) is 3.34. The Bertz CT molecular complexity index is 886. The van der Waals surface area contributed by atoms with Crippen LogP contribution < -0.4 is 4.90 Å². The minimum absolute atomic E-state index is 0.0867. The van der Waals surface area contributed by atoms with Crippen LogP contribution in [0.25, 0.3) is 11.3 Å². The highest BCUT2D eigenvalue weighted by Crippen LogP contribution is 2.33. The minimum Gasteiger partial charge on any atom is -0.465 e. The number of hydrogen-bond acceptors (Lipinski definition) is 4. The van der Waals surface area contributed by atoms with Crippen molar-refractivity contribution in [2.75, 3.05) is 11.4 Å². The summed E-state index contributed by atoms with van der Waals surface area (Å²) in [5.74, 6) is 0.111. The highest BCUT2D eigenvalue weighted by molar-refractivity contribution is 6.28. The number of carbonyl (C=O) groups is 2. The van der Waals surface area contributed by atoms with Gasteiger partial charge < -0.3 is 10.0 Å². The van der Waals surface area contributed by atoms with E-state index in [4.69, 9.17) is 11.6 Å². The Morgan fingerprint density at radius 2 is 2.08 bits per heavy atom. The molecule has 0 unspecified atom stereocenters. The van der Waals surface area contributed by atoms with Crippen molar-refractivity contribution in [3.8, 4) is 11.3 Å². The van der Waals surface area contributed by atoms with Gasteiger partial charge in [-0.2, -0.15) is 0 Å². The normalized spacial score (nSPS) is 16.4. The van der Waals surface area contributed by atoms with Crippen LogP contribution in [0.3, 0.4) is 0 Å². The van der Waals surface area contributed by atoms with Crippen LogP contribution in [-0.4, -0.2) is 38.5 Å². The molecule has 2 amide bonds. The van der Waals surface area contributed by atoms with Crippen molar-refractivity contribution in [2.24, 2.45) is 0 Å². The number of anilines is 1. The van der Waals surface area contributed by atoms with Crippen LogP contribution >= 0.6 is 11.6 Å². The number of hydrogen-bond donors (Lipinski definition) is 1. The Balaban J connectivity index is 1.76. The van der Waals surface area contributed by atoms with E-state index in [9.17, 15) is 14.7 Å². The molecule has 1 fully saturated rings. The van der Waals surface area contributed by atoms with Gasteiger partial charge in [-0.15, -0.1) is 0 Å². The number of fused-ring (bicyclic) bond motifs is 1. The van der Waals surface area contributed by atoms with Gasteiger partial charge in [-0.05, 0) is 30.2 Å². The summed E-state index contributed by atoms with van der Waals surface area (Å²) < 4.78 is 0. The fourth-order valence-corrected chi connectivity index (χ4v) is 3.53. The second kappa shape index (κ2) is 6.00. The molecule has 25 heavy (non-hydrogen) atoms. The zero-order valence-electron chi connectivity index (χ0n) is 13.3. The molecule has 1 aromatic carbocycles. The molecule has 128 valence electrons. The Morgan fingerprint density at radius 3 is 2.80 bits per heavy atom. The van der Waals surface area contributed by atoms with Crippen molar-refractivity contribution in [3.05, 3.63) is 40.8 Å².